The van der Waals surface area contributed by atoms with E-state index in [0.717, 1.165) is 63.8 Å². The maximum absolute atomic E-state index is 11.5. The van der Waals surface area contributed by atoms with Crippen molar-refractivity contribution in [3.05, 3.63) is 46.5 Å². The van der Waals surface area contributed by atoms with E-state index >= 15 is 0 Å². The van der Waals surface area contributed by atoms with E-state index in [9.17, 15) is 4.79 Å². The van der Waals surface area contributed by atoms with E-state index in [1.54, 1.807) is 24.5 Å². The van der Waals surface area contributed by atoms with Gasteiger partial charge in [-0.2, -0.15) is 0 Å². The average Bonchev–Trinajstić information content (AvgIpc) is 3.34. The minimum Gasteiger partial charge on any atom is -0.469 e. The van der Waals surface area contributed by atoms with Crippen LogP contribution in [0.3, 0.4) is 0 Å². The van der Waals surface area contributed by atoms with Crippen molar-refractivity contribution in [3.8, 4) is 0 Å². The highest BCUT2D eigenvalue weighted by Gasteiger charge is 2.21. The molecule has 27 heavy (non-hydrogen) atoms. The number of hydrogen-bond acceptors (Lipinski definition) is 4. The molecule has 0 saturated carbocycles. The molecular weight excluding hydrogens is 475 g/mol. The molecule has 148 valence electrons. The largest absolute Gasteiger partial charge is 0.469 e. The standard InChI is InChI=1S/C19H26N4O2S.HI/c1-16(24)22-10-12-23(13-11-22)19(20-8-6-17-4-2-14-25-17)21-9-7-18-5-3-15-26-18;/h2-5,14-15H,6-13H2,1H3,(H,20,21);1H. The third-order valence-electron chi connectivity index (χ3n) is 4.46. The summed E-state index contributed by atoms with van der Waals surface area (Å²) in [5.41, 5.74) is 0. The van der Waals surface area contributed by atoms with Crippen LogP contribution in [0, 0.1) is 0 Å². The minimum atomic E-state index is 0. The van der Waals surface area contributed by atoms with Gasteiger partial charge in [0.05, 0.1) is 6.26 Å². The van der Waals surface area contributed by atoms with Crippen LogP contribution >= 0.6 is 35.3 Å². The number of amides is 1. The van der Waals surface area contributed by atoms with Crippen molar-refractivity contribution in [2.75, 3.05) is 39.3 Å². The summed E-state index contributed by atoms with van der Waals surface area (Å²) in [4.78, 5) is 21.8. The fraction of sp³-hybridized carbons (Fsp3) is 0.474. The van der Waals surface area contributed by atoms with Crippen molar-refractivity contribution in [1.82, 2.24) is 15.1 Å². The molecule has 6 nitrogen and oxygen atoms in total. The van der Waals surface area contributed by atoms with Gasteiger partial charge in [-0.3, -0.25) is 9.79 Å². The lowest BCUT2D eigenvalue weighted by Crippen LogP contribution is -2.53. The van der Waals surface area contributed by atoms with Gasteiger partial charge >= 0.3 is 0 Å². The van der Waals surface area contributed by atoms with E-state index in [0.29, 0.717) is 0 Å². The second-order valence-electron chi connectivity index (χ2n) is 6.28. The quantitative estimate of drug-likeness (QED) is 0.375. The molecule has 1 fully saturated rings. The number of aliphatic imine (C=N–C) groups is 1. The van der Waals surface area contributed by atoms with Gasteiger partial charge in [0.1, 0.15) is 5.76 Å². The van der Waals surface area contributed by atoms with Crippen molar-refractivity contribution in [2.24, 2.45) is 4.99 Å². The highest BCUT2D eigenvalue weighted by Crippen LogP contribution is 2.09. The van der Waals surface area contributed by atoms with E-state index in [-0.39, 0.29) is 29.9 Å². The number of nitrogens with zero attached hydrogens (tertiary/aromatic N) is 3. The molecule has 1 aliphatic heterocycles. The summed E-state index contributed by atoms with van der Waals surface area (Å²) in [5, 5.41) is 5.57. The van der Waals surface area contributed by atoms with Crippen LogP contribution in [0.2, 0.25) is 0 Å². The number of hydrogen-bond donors (Lipinski definition) is 1. The zero-order valence-corrected chi connectivity index (χ0v) is 18.7. The van der Waals surface area contributed by atoms with E-state index in [2.05, 4.69) is 27.7 Å². The second-order valence-corrected chi connectivity index (χ2v) is 7.32. The van der Waals surface area contributed by atoms with Crippen LogP contribution in [0.4, 0.5) is 0 Å². The van der Waals surface area contributed by atoms with Crippen LogP contribution in [-0.2, 0) is 17.6 Å². The Bertz CT molecular complexity index is 695. The van der Waals surface area contributed by atoms with E-state index in [1.807, 2.05) is 17.0 Å². The third kappa shape index (κ3) is 6.84. The van der Waals surface area contributed by atoms with Crippen molar-refractivity contribution < 1.29 is 9.21 Å². The third-order valence-corrected chi connectivity index (χ3v) is 5.40. The molecule has 0 aromatic carbocycles. The number of halogens is 1. The topological polar surface area (TPSA) is 61.1 Å². The maximum Gasteiger partial charge on any atom is 0.219 e. The maximum atomic E-state index is 11.5. The molecule has 1 saturated heterocycles. The highest BCUT2D eigenvalue weighted by atomic mass is 127. The zero-order chi connectivity index (χ0) is 18.2. The predicted molar refractivity (Wildman–Crippen MR) is 120 cm³/mol. The van der Waals surface area contributed by atoms with E-state index in [1.165, 1.54) is 4.88 Å². The van der Waals surface area contributed by atoms with Crippen LogP contribution in [0.1, 0.15) is 17.6 Å². The number of furan rings is 1. The molecule has 0 bridgehead atoms. The number of guanidine groups is 1. The molecule has 2 aromatic heterocycles. The van der Waals surface area contributed by atoms with Crippen LogP contribution in [0.5, 0.6) is 0 Å². The van der Waals surface area contributed by atoms with Crippen LogP contribution in [-0.4, -0.2) is 60.9 Å². The molecule has 0 unspecified atom stereocenters. The molecule has 0 aliphatic carbocycles. The Hall–Kier alpha value is -1.55. The molecule has 1 aliphatic rings. The fourth-order valence-corrected chi connectivity index (χ4v) is 3.68. The normalized spacial score (nSPS) is 14.8. The van der Waals surface area contributed by atoms with Crippen molar-refractivity contribution >= 4 is 47.2 Å². The molecule has 0 radical (unpaired) electrons. The van der Waals surface area contributed by atoms with Crippen LogP contribution in [0.25, 0.3) is 0 Å². The molecule has 3 heterocycles. The summed E-state index contributed by atoms with van der Waals surface area (Å²) in [6, 6.07) is 8.12. The van der Waals surface area contributed by atoms with Crippen molar-refractivity contribution in [2.45, 2.75) is 19.8 Å². The lowest BCUT2D eigenvalue weighted by atomic mass is 10.3. The Balaban J connectivity index is 0.00000261. The predicted octanol–water partition coefficient (Wildman–Crippen LogP) is 2.85. The Morgan fingerprint density at radius 3 is 2.59 bits per heavy atom. The van der Waals surface area contributed by atoms with Crippen LogP contribution in [0.15, 0.2) is 45.3 Å². The van der Waals surface area contributed by atoms with Gasteiger partial charge < -0.3 is 19.5 Å². The number of carbonyl (C=O) groups is 1. The summed E-state index contributed by atoms with van der Waals surface area (Å²) in [7, 11) is 0. The first-order valence-electron chi connectivity index (χ1n) is 9.06. The van der Waals surface area contributed by atoms with E-state index < -0.39 is 0 Å². The summed E-state index contributed by atoms with van der Waals surface area (Å²) >= 11 is 1.77. The molecular formula is C19H27IN4O2S. The highest BCUT2D eigenvalue weighted by molar-refractivity contribution is 14.0. The van der Waals surface area contributed by atoms with Gasteiger partial charge in [0.25, 0.3) is 0 Å². The zero-order valence-electron chi connectivity index (χ0n) is 15.6. The van der Waals surface area contributed by atoms with Gasteiger partial charge in [0, 0.05) is 63.9 Å². The van der Waals surface area contributed by atoms with Crippen molar-refractivity contribution in [3.63, 3.8) is 0 Å². The molecule has 3 rings (SSSR count). The van der Waals surface area contributed by atoms with Crippen LogP contribution < -0.4 is 5.32 Å². The Morgan fingerprint density at radius 2 is 1.96 bits per heavy atom. The van der Waals surface area contributed by atoms with Gasteiger partial charge in [-0.15, -0.1) is 35.3 Å². The lowest BCUT2D eigenvalue weighted by Gasteiger charge is -2.36. The first-order valence-corrected chi connectivity index (χ1v) is 9.94. The fourth-order valence-electron chi connectivity index (χ4n) is 2.98. The van der Waals surface area contributed by atoms with Gasteiger partial charge in [0.2, 0.25) is 5.91 Å². The number of carbonyl (C=O) groups excluding carboxylic acids is 1. The monoisotopic (exact) mass is 502 g/mol. The number of nitrogens with one attached hydrogen (secondary N) is 1. The van der Waals surface area contributed by atoms with E-state index in [4.69, 9.17) is 9.41 Å². The molecule has 0 spiro atoms. The molecule has 1 N–H and O–H groups in total. The summed E-state index contributed by atoms with van der Waals surface area (Å²) < 4.78 is 5.40. The van der Waals surface area contributed by atoms with Crippen molar-refractivity contribution in [1.29, 1.82) is 0 Å². The summed E-state index contributed by atoms with van der Waals surface area (Å²) in [6.07, 6.45) is 3.48. The van der Waals surface area contributed by atoms with Gasteiger partial charge in [-0.05, 0) is 23.6 Å². The Morgan fingerprint density at radius 1 is 1.19 bits per heavy atom. The first-order chi connectivity index (χ1) is 12.7. The minimum absolute atomic E-state index is 0. The van der Waals surface area contributed by atoms with Gasteiger partial charge in [0.15, 0.2) is 5.96 Å². The summed E-state index contributed by atoms with van der Waals surface area (Å²) in [6.45, 7) is 6.29. The molecule has 1 amide bonds. The molecule has 0 atom stereocenters. The molecule has 8 heteroatoms. The smallest absolute Gasteiger partial charge is 0.219 e. The summed E-state index contributed by atoms with van der Waals surface area (Å²) in [5.74, 6) is 2.04. The average molecular weight is 502 g/mol. The number of piperazine rings is 1. The van der Waals surface area contributed by atoms with Gasteiger partial charge in [-0.25, -0.2) is 0 Å². The van der Waals surface area contributed by atoms with Gasteiger partial charge in [-0.1, -0.05) is 6.07 Å². The SMILES string of the molecule is CC(=O)N1CCN(C(=NCCc2cccs2)NCCc2ccco2)CC1.I. The first kappa shape index (κ1) is 21.7. The number of thiophene rings is 1. The second kappa shape index (κ2) is 11.3. The lowest BCUT2D eigenvalue weighted by molar-refractivity contribution is -0.130. The Labute approximate surface area is 181 Å². The molecule has 2 aromatic rings. The Kier molecular flexibility index (Phi) is 9.12. The number of rotatable bonds is 6.